The highest BCUT2D eigenvalue weighted by Crippen LogP contribution is 2.26. The molecule has 0 aromatic heterocycles. The van der Waals surface area contributed by atoms with Crippen LogP contribution in [0.15, 0.2) is 0 Å². The molecular formula is C13H26N2S. The minimum absolute atomic E-state index is 0.762. The van der Waals surface area contributed by atoms with E-state index in [0.29, 0.717) is 0 Å². The predicted octanol–water partition coefficient (Wildman–Crippen LogP) is 2.34. The van der Waals surface area contributed by atoms with Gasteiger partial charge in [-0.15, -0.1) is 0 Å². The molecule has 2 rings (SSSR count). The normalized spacial score (nSPS) is 33.2. The summed E-state index contributed by atoms with van der Waals surface area (Å²) in [5, 5.41) is 4.35. The molecule has 16 heavy (non-hydrogen) atoms. The quantitative estimate of drug-likeness (QED) is 0.765. The van der Waals surface area contributed by atoms with Gasteiger partial charge in [0.05, 0.1) is 0 Å². The van der Waals surface area contributed by atoms with Crippen LogP contribution in [0.3, 0.4) is 0 Å². The van der Waals surface area contributed by atoms with Crippen LogP contribution in [0, 0.1) is 0 Å². The number of thioether (sulfide) groups is 1. The van der Waals surface area contributed by atoms with Crippen molar-refractivity contribution in [2.75, 3.05) is 26.4 Å². The molecule has 2 aliphatic rings. The maximum Gasteiger partial charge on any atom is 0.0351 e. The van der Waals surface area contributed by atoms with Crippen LogP contribution in [-0.4, -0.2) is 48.6 Å². The molecule has 0 radical (unpaired) electrons. The summed E-state index contributed by atoms with van der Waals surface area (Å²) in [6, 6.07) is 1.61. The predicted molar refractivity (Wildman–Crippen MR) is 73.2 cm³/mol. The Morgan fingerprint density at radius 1 is 1.06 bits per heavy atom. The summed E-state index contributed by atoms with van der Waals surface area (Å²) >= 11 is 2.03. The Morgan fingerprint density at radius 2 is 1.75 bits per heavy atom. The van der Waals surface area contributed by atoms with E-state index in [1.807, 2.05) is 11.8 Å². The zero-order valence-corrected chi connectivity index (χ0v) is 11.6. The molecule has 1 aliphatic heterocycles. The van der Waals surface area contributed by atoms with E-state index in [2.05, 4.69) is 23.5 Å². The molecule has 0 aromatic rings. The molecule has 3 heteroatoms. The van der Waals surface area contributed by atoms with Crippen LogP contribution < -0.4 is 5.32 Å². The minimum Gasteiger partial charge on any atom is -0.314 e. The standard InChI is InChI=1S/C13H26N2S/c1-15(11-7-5-3-4-6-8-11)12-9-14-10-13(12)16-2/h11-14H,3-10H2,1-2H3. The van der Waals surface area contributed by atoms with Gasteiger partial charge in [0, 0.05) is 30.4 Å². The molecule has 1 aliphatic carbocycles. The second kappa shape index (κ2) is 6.27. The molecule has 94 valence electrons. The lowest BCUT2D eigenvalue weighted by atomic mass is 10.0. The Kier molecular flexibility index (Phi) is 4.98. The van der Waals surface area contributed by atoms with E-state index in [0.717, 1.165) is 17.3 Å². The van der Waals surface area contributed by atoms with E-state index in [9.17, 15) is 0 Å². The average molecular weight is 242 g/mol. The van der Waals surface area contributed by atoms with Crippen molar-refractivity contribution in [2.45, 2.75) is 55.9 Å². The third-order valence-corrected chi connectivity index (χ3v) is 5.44. The maximum atomic E-state index is 3.55. The van der Waals surface area contributed by atoms with Crippen molar-refractivity contribution in [1.82, 2.24) is 10.2 Å². The SMILES string of the molecule is CSC1CNCC1N(C)C1CCCCCC1. The third kappa shape index (κ3) is 2.93. The Morgan fingerprint density at radius 3 is 2.38 bits per heavy atom. The molecule has 2 nitrogen and oxygen atoms in total. The lowest BCUT2D eigenvalue weighted by Crippen LogP contribution is -2.45. The van der Waals surface area contributed by atoms with E-state index in [1.54, 1.807) is 0 Å². The van der Waals surface area contributed by atoms with Crippen LogP contribution in [0.2, 0.25) is 0 Å². The molecule has 1 saturated carbocycles. The van der Waals surface area contributed by atoms with Crippen molar-refractivity contribution in [3.05, 3.63) is 0 Å². The zero-order chi connectivity index (χ0) is 11.4. The fourth-order valence-corrected chi connectivity index (χ4v) is 4.11. The summed E-state index contributed by atoms with van der Waals surface area (Å²) in [4.78, 5) is 2.69. The van der Waals surface area contributed by atoms with Gasteiger partial charge in [-0.2, -0.15) is 11.8 Å². The highest BCUT2D eigenvalue weighted by atomic mass is 32.2. The first kappa shape index (κ1) is 12.7. The van der Waals surface area contributed by atoms with Gasteiger partial charge in [-0.05, 0) is 26.1 Å². The summed E-state index contributed by atoms with van der Waals surface area (Å²) < 4.78 is 0. The number of likely N-dealkylation sites (N-methyl/N-ethyl adjacent to an activating group) is 1. The first-order valence-corrected chi connectivity index (χ1v) is 8.07. The third-order valence-electron chi connectivity index (χ3n) is 4.35. The van der Waals surface area contributed by atoms with Gasteiger partial charge >= 0.3 is 0 Å². The molecule has 0 spiro atoms. The largest absolute Gasteiger partial charge is 0.314 e. The van der Waals surface area contributed by atoms with Crippen LogP contribution in [0.5, 0.6) is 0 Å². The van der Waals surface area contributed by atoms with Crippen molar-refractivity contribution in [3.8, 4) is 0 Å². The first-order chi connectivity index (χ1) is 7.83. The van der Waals surface area contributed by atoms with Crippen molar-refractivity contribution in [3.63, 3.8) is 0 Å². The topological polar surface area (TPSA) is 15.3 Å². The van der Waals surface area contributed by atoms with Gasteiger partial charge in [-0.3, -0.25) is 4.90 Å². The number of nitrogens with zero attached hydrogens (tertiary/aromatic N) is 1. The van der Waals surface area contributed by atoms with Crippen molar-refractivity contribution < 1.29 is 0 Å². The van der Waals surface area contributed by atoms with E-state index in [-0.39, 0.29) is 0 Å². The Balaban J connectivity index is 1.91. The van der Waals surface area contributed by atoms with Crippen LogP contribution >= 0.6 is 11.8 Å². The highest BCUT2D eigenvalue weighted by Gasteiger charge is 2.32. The van der Waals surface area contributed by atoms with Crippen LogP contribution in [-0.2, 0) is 0 Å². The molecular weight excluding hydrogens is 216 g/mol. The smallest absolute Gasteiger partial charge is 0.0351 e. The van der Waals surface area contributed by atoms with Crippen LogP contribution in [0.1, 0.15) is 38.5 Å². The fraction of sp³-hybridized carbons (Fsp3) is 1.00. The molecule has 2 unspecified atom stereocenters. The number of hydrogen-bond acceptors (Lipinski definition) is 3. The van der Waals surface area contributed by atoms with Gasteiger partial charge in [0.2, 0.25) is 0 Å². The van der Waals surface area contributed by atoms with Gasteiger partial charge in [0.25, 0.3) is 0 Å². The van der Waals surface area contributed by atoms with Crippen LogP contribution in [0.4, 0.5) is 0 Å². The highest BCUT2D eigenvalue weighted by molar-refractivity contribution is 7.99. The molecule has 0 aromatic carbocycles. The Labute approximate surface area is 105 Å². The van der Waals surface area contributed by atoms with E-state index in [1.165, 1.54) is 51.6 Å². The lowest BCUT2D eigenvalue weighted by Gasteiger charge is -2.34. The van der Waals surface area contributed by atoms with Gasteiger partial charge < -0.3 is 5.32 Å². The van der Waals surface area contributed by atoms with Gasteiger partial charge in [0.15, 0.2) is 0 Å². The molecule has 2 fully saturated rings. The molecule has 1 saturated heterocycles. The van der Waals surface area contributed by atoms with E-state index in [4.69, 9.17) is 0 Å². The monoisotopic (exact) mass is 242 g/mol. The number of hydrogen-bond donors (Lipinski definition) is 1. The van der Waals surface area contributed by atoms with E-state index >= 15 is 0 Å². The van der Waals surface area contributed by atoms with Gasteiger partial charge in [-0.1, -0.05) is 25.7 Å². The summed E-state index contributed by atoms with van der Waals surface area (Å²) in [5.74, 6) is 0. The zero-order valence-electron chi connectivity index (χ0n) is 10.7. The Hall–Kier alpha value is 0.270. The van der Waals surface area contributed by atoms with Crippen LogP contribution in [0.25, 0.3) is 0 Å². The molecule has 1 N–H and O–H groups in total. The summed E-state index contributed by atoms with van der Waals surface area (Å²) in [6.07, 6.45) is 10.9. The summed E-state index contributed by atoms with van der Waals surface area (Å²) in [7, 11) is 2.36. The second-order valence-corrected chi connectivity index (χ2v) is 6.39. The van der Waals surface area contributed by atoms with Crippen molar-refractivity contribution >= 4 is 11.8 Å². The molecule has 0 bridgehead atoms. The van der Waals surface area contributed by atoms with Crippen molar-refractivity contribution in [1.29, 1.82) is 0 Å². The molecule has 0 amide bonds. The minimum atomic E-state index is 0.762. The summed E-state index contributed by atoms with van der Waals surface area (Å²) in [6.45, 7) is 2.39. The number of rotatable bonds is 3. The fourth-order valence-electron chi connectivity index (χ4n) is 3.22. The summed E-state index contributed by atoms with van der Waals surface area (Å²) in [5.41, 5.74) is 0. The van der Waals surface area contributed by atoms with Gasteiger partial charge in [0.1, 0.15) is 0 Å². The first-order valence-electron chi connectivity index (χ1n) is 6.78. The Bertz CT molecular complexity index is 202. The van der Waals surface area contributed by atoms with Crippen molar-refractivity contribution in [2.24, 2.45) is 0 Å². The second-order valence-electron chi connectivity index (χ2n) is 5.31. The van der Waals surface area contributed by atoms with Gasteiger partial charge in [-0.25, -0.2) is 0 Å². The van der Waals surface area contributed by atoms with E-state index < -0.39 is 0 Å². The molecule has 1 heterocycles. The average Bonchev–Trinajstić information content (AvgIpc) is 2.61. The molecule has 2 atom stereocenters. The maximum absolute atomic E-state index is 3.55. The number of nitrogens with one attached hydrogen (secondary N) is 1. The lowest BCUT2D eigenvalue weighted by molar-refractivity contribution is 0.170.